The molecule has 0 bridgehead atoms. The van der Waals surface area contributed by atoms with Crippen molar-refractivity contribution in [1.29, 1.82) is 0 Å². The summed E-state index contributed by atoms with van der Waals surface area (Å²) in [5.41, 5.74) is 3.62. The van der Waals surface area contributed by atoms with E-state index in [0.717, 1.165) is 11.3 Å². The zero-order valence-corrected chi connectivity index (χ0v) is 11.8. The number of ether oxygens (including phenoxy) is 1. The highest BCUT2D eigenvalue weighted by Crippen LogP contribution is 2.35. The number of hydrogen-bond acceptors (Lipinski definition) is 1. The predicted molar refractivity (Wildman–Crippen MR) is 87.8 cm³/mol. The van der Waals surface area contributed by atoms with E-state index in [1.807, 2.05) is 12.1 Å². The van der Waals surface area contributed by atoms with Crippen LogP contribution in [0.1, 0.15) is 0 Å². The Kier molecular flexibility index (Phi) is 2.68. The Morgan fingerprint density at radius 2 is 1.76 bits per heavy atom. The minimum absolute atomic E-state index is 0.888. The topological polar surface area (TPSA) is 25.0 Å². The van der Waals surface area contributed by atoms with Gasteiger partial charge in [0.15, 0.2) is 0 Å². The predicted octanol–water partition coefficient (Wildman–Crippen LogP) is 5.00. The summed E-state index contributed by atoms with van der Waals surface area (Å²) in [4.78, 5) is 3.38. The van der Waals surface area contributed by atoms with Crippen LogP contribution in [0.5, 0.6) is 5.75 Å². The van der Waals surface area contributed by atoms with Crippen molar-refractivity contribution in [2.45, 2.75) is 0 Å². The third kappa shape index (κ3) is 1.88. The van der Waals surface area contributed by atoms with Gasteiger partial charge in [0, 0.05) is 22.7 Å². The van der Waals surface area contributed by atoms with Gasteiger partial charge in [-0.1, -0.05) is 36.4 Å². The Hall–Kier alpha value is -2.74. The molecule has 0 aliphatic heterocycles. The smallest absolute Gasteiger partial charge is 0.119 e. The Morgan fingerprint density at radius 3 is 2.57 bits per heavy atom. The summed E-state index contributed by atoms with van der Waals surface area (Å²) in [6.45, 7) is 0. The van der Waals surface area contributed by atoms with Gasteiger partial charge < -0.3 is 9.72 Å². The van der Waals surface area contributed by atoms with E-state index in [2.05, 4.69) is 59.7 Å². The zero-order chi connectivity index (χ0) is 14.2. The average Bonchev–Trinajstić information content (AvgIpc) is 2.99. The van der Waals surface area contributed by atoms with E-state index >= 15 is 0 Å². The third-order valence-electron chi connectivity index (χ3n) is 3.95. The van der Waals surface area contributed by atoms with Gasteiger partial charge in [0.05, 0.1) is 7.11 Å². The van der Waals surface area contributed by atoms with Crippen LogP contribution in [0.3, 0.4) is 0 Å². The van der Waals surface area contributed by atoms with Crippen molar-refractivity contribution in [2.24, 2.45) is 0 Å². The summed E-state index contributed by atoms with van der Waals surface area (Å²) in [5.74, 6) is 0.888. The van der Waals surface area contributed by atoms with E-state index in [1.54, 1.807) is 7.11 Å². The second-order valence-corrected chi connectivity index (χ2v) is 5.14. The molecule has 0 fully saturated rings. The minimum atomic E-state index is 0.888. The first-order chi connectivity index (χ1) is 10.4. The van der Waals surface area contributed by atoms with Crippen molar-refractivity contribution in [3.63, 3.8) is 0 Å². The Balaban J connectivity index is 2.07. The third-order valence-corrected chi connectivity index (χ3v) is 3.95. The van der Waals surface area contributed by atoms with Crippen molar-refractivity contribution in [2.75, 3.05) is 7.11 Å². The lowest BCUT2D eigenvalue weighted by Gasteiger charge is -2.06. The van der Waals surface area contributed by atoms with Crippen LogP contribution in [-0.2, 0) is 0 Å². The fourth-order valence-electron chi connectivity index (χ4n) is 2.91. The molecule has 0 aliphatic rings. The largest absolute Gasteiger partial charge is 0.497 e. The number of aromatic amines is 1. The van der Waals surface area contributed by atoms with Gasteiger partial charge in [0.2, 0.25) is 0 Å². The monoisotopic (exact) mass is 273 g/mol. The normalized spacial score (nSPS) is 11.1. The molecule has 21 heavy (non-hydrogen) atoms. The molecule has 4 aromatic rings. The number of rotatable bonds is 2. The number of nitrogens with one attached hydrogen (secondary N) is 1. The first-order valence-electron chi connectivity index (χ1n) is 7.00. The highest BCUT2D eigenvalue weighted by Gasteiger charge is 2.09. The molecular formula is C19H15NO. The first-order valence-corrected chi connectivity index (χ1v) is 7.00. The van der Waals surface area contributed by atoms with E-state index in [1.165, 1.54) is 27.3 Å². The van der Waals surface area contributed by atoms with Gasteiger partial charge in [-0.2, -0.15) is 0 Å². The fraction of sp³-hybridized carbons (Fsp3) is 0.0526. The van der Waals surface area contributed by atoms with E-state index in [0.29, 0.717) is 0 Å². The molecule has 0 radical (unpaired) electrons. The quantitative estimate of drug-likeness (QED) is 0.546. The molecule has 0 saturated carbocycles. The lowest BCUT2D eigenvalue weighted by Crippen LogP contribution is -1.83. The maximum absolute atomic E-state index is 5.32. The van der Waals surface area contributed by atoms with Crippen LogP contribution in [0.2, 0.25) is 0 Å². The van der Waals surface area contributed by atoms with Crippen LogP contribution in [-0.4, -0.2) is 12.1 Å². The number of aromatic nitrogens is 1. The number of fused-ring (bicyclic) bond motifs is 3. The molecule has 2 nitrogen and oxygen atoms in total. The minimum Gasteiger partial charge on any atom is -0.497 e. The summed E-state index contributed by atoms with van der Waals surface area (Å²) < 4.78 is 5.32. The highest BCUT2D eigenvalue weighted by molar-refractivity contribution is 6.13. The molecular weight excluding hydrogens is 258 g/mol. The van der Waals surface area contributed by atoms with E-state index in [9.17, 15) is 0 Å². The van der Waals surface area contributed by atoms with Crippen LogP contribution in [0.4, 0.5) is 0 Å². The summed E-state index contributed by atoms with van der Waals surface area (Å²) in [7, 11) is 1.70. The molecule has 1 N–H and O–H groups in total. The van der Waals surface area contributed by atoms with Crippen LogP contribution >= 0.6 is 0 Å². The molecule has 102 valence electrons. The van der Waals surface area contributed by atoms with E-state index in [-0.39, 0.29) is 0 Å². The number of methoxy groups -OCH3 is 1. The number of hydrogen-bond donors (Lipinski definition) is 1. The fourth-order valence-corrected chi connectivity index (χ4v) is 2.91. The van der Waals surface area contributed by atoms with Crippen molar-refractivity contribution in [3.05, 3.63) is 66.9 Å². The van der Waals surface area contributed by atoms with Crippen LogP contribution in [0.25, 0.3) is 32.8 Å². The maximum Gasteiger partial charge on any atom is 0.119 e. The standard InChI is InChI=1S/C19H15NO/c1-21-15-8-9-16-14(11-15)7-10-18-19(16)17(12-20-18)13-5-3-2-4-6-13/h2-12,20H,1H3. The Labute approximate surface area is 123 Å². The maximum atomic E-state index is 5.32. The summed E-state index contributed by atoms with van der Waals surface area (Å²) in [6.07, 6.45) is 2.09. The lowest BCUT2D eigenvalue weighted by molar-refractivity contribution is 0.415. The SMILES string of the molecule is COc1ccc2c(ccc3[nH]cc(-c4ccccc4)c32)c1. The summed E-state index contributed by atoms with van der Waals surface area (Å²) >= 11 is 0. The van der Waals surface area contributed by atoms with Gasteiger partial charge in [-0.05, 0) is 40.6 Å². The molecule has 0 unspecified atom stereocenters. The van der Waals surface area contributed by atoms with Gasteiger partial charge in [-0.25, -0.2) is 0 Å². The molecule has 2 heteroatoms. The number of benzene rings is 3. The molecule has 0 atom stereocenters. The molecule has 3 aromatic carbocycles. The second kappa shape index (κ2) is 4.67. The molecule has 4 rings (SSSR count). The average molecular weight is 273 g/mol. The van der Waals surface area contributed by atoms with Crippen LogP contribution in [0.15, 0.2) is 66.9 Å². The molecule has 0 aliphatic carbocycles. The van der Waals surface area contributed by atoms with Crippen LogP contribution < -0.4 is 4.74 Å². The lowest BCUT2D eigenvalue weighted by atomic mass is 9.99. The van der Waals surface area contributed by atoms with E-state index in [4.69, 9.17) is 4.74 Å². The van der Waals surface area contributed by atoms with Crippen molar-refractivity contribution >= 4 is 21.7 Å². The van der Waals surface area contributed by atoms with Crippen molar-refractivity contribution < 1.29 is 4.74 Å². The summed E-state index contributed by atoms with van der Waals surface area (Å²) in [5, 5.41) is 3.70. The molecule has 0 spiro atoms. The van der Waals surface area contributed by atoms with Gasteiger partial charge in [0.1, 0.15) is 5.75 Å². The van der Waals surface area contributed by atoms with Gasteiger partial charge in [0.25, 0.3) is 0 Å². The van der Waals surface area contributed by atoms with Gasteiger partial charge in [-0.15, -0.1) is 0 Å². The first kappa shape index (κ1) is 12.0. The molecule has 0 saturated heterocycles. The van der Waals surface area contributed by atoms with Crippen molar-refractivity contribution in [1.82, 2.24) is 4.98 Å². The molecule has 0 amide bonds. The van der Waals surface area contributed by atoms with E-state index < -0.39 is 0 Å². The molecule has 1 heterocycles. The number of H-pyrrole nitrogens is 1. The Morgan fingerprint density at radius 1 is 0.905 bits per heavy atom. The van der Waals surface area contributed by atoms with Gasteiger partial charge >= 0.3 is 0 Å². The zero-order valence-electron chi connectivity index (χ0n) is 11.8. The highest BCUT2D eigenvalue weighted by atomic mass is 16.5. The van der Waals surface area contributed by atoms with Crippen LogP contribution in [0, 0.1) is 0 Å². The molecule has 1 aromatic heterocycles. The second-order valence-electron chi connectivity index (χ2n) is 5.14. The Bertz CT molecular complexity index is 922. The van der Waals surface area contributed by atoms with Gasteiger partial charge in [-0.3, -0.25) is 0 Å². The van der Waals surface area contributed by atoms with Crippen molar-refractivity contribution in [3.8, 4) is 16.9 Å². The summed E-state index contributed by atoms with van der Waals surface area (Å²) in [6, 6.07) is 21.0.